The first-order valence-corrected chi connectivity index (χ1v) is 5.81. The minimum Gasteiger partial charge on any atom is -0.321 e. The number of nitrogens with one attached hydrogen (secondary N) is 1. The minimum absolute atomic E-state index is 0.105. The molecule has 0 bridgehead atoms. The summed E-state index contributed by atoms with van der Waals surface area (Å²) in [5.41, 5.74) is 2.24. The first-order valence-electron chi connectivity index (χ1n) is 4.93. The Bertz CT molecular complexity index is 527. The van der Waals surface area contributed by atoms with Gasteiger partial charge in [-0.15, -0.1) is 11.3 Å². The fraction of sp³-hybridized carbons (Fsp3) is 0.273. The van der Waals surface area contributed by atoms with Crippen LogP contribution in [0.15, 0.2) is 17.6 Å². The Morgan fingerprint density at radius 2 is 2.25 bits per heavy atom. The quantitative estimate of drug-likeness (QED) is 0.868. The summed E-state index contributed by atoms with van der Waals surface area (Å²) in [6, 6.07) is 1.91. The van der Waals surface area contributed by atoms with E-state index in [4.69, 9.17) is 0 Å². The lowest BCUT2D eigenvalue weighted by atomic mass is 10.2. The number of anilines is 1. The molecule has 5 heteroatoms. The van der Waals surface area contributed by atoms with Crippen molar-refractivity contribution in [2.24, 2.45) is 7.05 Å². The molecule has 0 unspecified atom stereocenters. The van der Waals surface area contributed by atoms with E-state index in [2.05, 4.69) is 10.4 Å². The summed E-state index contributed by atoms with van der Waals surface area (Å²) in [7, 11) is 1.81. The van der Waals surface area contributed by atoms with Gasteiger partial charge in [0.1, 0.15) is 0 Å². The molecular formula is C11H13N3OS. The van der Waals surface area contributed by atoms with E-state index in [9.17, 15) is 4.79 Å². The van der Waals surface area contributed by atoms with E-state index in [1.54, 1.807) is 29.3 Å². The van der Waals surface area contributed by atoms with Crippen LogP contribution in [0.1, 0.15) is 20.9 Å². The van der Waals surface area contributed by atoms with Gasteiger partial charge in [0.2, 0.25) is 0 Å². The van der Waals surface area contributed by atoms with Crippen LogP contribution < -0.4 is 5.32 Å². The van der Waals surface area contributed by atoms with Gasteiger partial charge in [-0.25, -0.2) is 0 Å². The number of carbonyl (C=O) groups is 1. The van der Waals surface area contributed by atoms with Crippen LogP contribution in [0, 0.1) is 13.8 Å². The molecule has 0 aliphatic heterocycles. The number of hydrogen-bond acceptors (Lipinski definition) is 3. The highest BCUT2D eigenvalue weighted by Gasteiger charge is 2.13. The summed E-state index contributed by atoms with van der Waals surface area (Å²) in [5, 5.41) is 8.98. The van der Waals surface area contributed by atoms with Gasteiger partial charge in [-0.05, 0) is 25.3 Å². The van der Waals surface area contributed by atoms with E-state index in [1.165, 1.54) is 0 Å². The SMILES string of the molecule is Cc1nn(C)cc1C(=O)Nc1ccsc1C. The molecule has 1 N–H and O–H groups in total. The molecule has 16 heavy (non-hydrogen) atoms. The topological polar surface area (TPSA) is 46.9 Å². The van der Waals surface area contributed by atoms with Gasteiger partial charge in [-0.3, -0.25) is 9.48 Å². The Morgan fingerprint density at radius 3 is 2.75 bits per heavy atom. The highest BCUT2D eigenvalue weighted by atomic mass is 32.1. The Hall–Kier alpha value is -1.62. The third-order valence-electron chi connectivity index (χ3n) is 2.37. The van der Waals surface area contributed by atoms with Crippen LogP contribution in [0.5, 0.6) is 0 Å². The van der Waals surface area contributed by atoms with Gasteiger partial charge in [-0.2, -0.15) is 5.10 Å². The summed E-state index contributed by atoms with van der Waals surface area (Å²) in [6.45, 7) is 3.81. The minimum atomic E-state index is -0.105. The van der Waals surface area contributed by atoms with Crippen LogP contribution in [0.25, 0.3) is 0 Å². The maximum Gasteiger partial charge on any atom is 0.259 e. The Balaban J connectivity index is 2.21. The summed E-state index contributed by atoms with van der Waals surface area (Å²) in [4.78, 5) is 13.0. The molecule has 0 spiro atoms. The van der Waals surface area contributed by atoms with E-state index in [-0.39, 0.29) is 5.91 Å². The van der Waals surface area contributed by atoms with Crippen LogP contribution in [-0.4, -0.2) is 15.7 Å². The third kappa shape index (κ3) is 1.99. The van der Waals surface area contributed by atoms with Crippen LogP contribution in [0.3, 0.4) is 0 Å². The van der Waals surface area contributed by atoms with Gasteiger partial charge in [0.05, 0.1) is 16.9 Å². The molecule has 2 aromatic heterocycles. The Labute approximate surface area is 97.9 Å². The number of rotatable bonds is 2. The smallest absolute Gasteiger partial charge is 0.259 e. The average molecular weight is 235 g/mol. The fourth-order valence-corrected chi connectivity index (χ4v) is 2.18. The lowest BCUT2D eigenvalue weighted by Gasteiger charge is -2.02. The second kappa shape index (κ2) is 4.09. The van der Waals surface area contributed by atoms with E-state index < -0.39 is 0 Å². The molecule has 84 valence electrons. The number of hydrogen-bond donors (Lipinski definition) is 1. The maximum absolute atomic E-state index is 11.9. The van der Waals surface area contributed by atoms with Gasteiger partial charge in [0, 0.05) is 18.1 Å². The molecule has 0 fully saturated rings. The predicted molar refractivity (Wildman–Crippen MR) is 65.0 cm³/mol. The molecule has 0 aliphatic carbocycles. The van der Waals surface area contributed by atoms with Crippen molar-refractivity contribution in [3.8, 4) is 0 Å². The van der Waals surface area contributed by atoms with E-state index in [0.29, 0.717) is 5.56 Å². The standard InChI is InChI=1S/C11H13N3OS/c1-7-9(6-14(3)13-7)11(15)12-10-4-5-16-8(10)2/h4-6H,1-3H3,(H,12,15). The molecule has 0 saturated carbocycles. The summed E-state index contributed by atoms with van der Waals surface area (Å²) in [5.74, 6) is -0.105. The molecule has 2 aromatic rings. The normalized spacial score (nSPS) is 10.4. The monoisotopic (exact) mass is 235 g/mol. The van der Waals surface area contributed by atoms with E-state index >= 15 is 0 Å². The average Bonchev–Trinajstić information content (AvgIpc) is 2.74. The maximum atomic E-state index is 11.9. The van der Waals surface area contributed by atoms with Crippen LogP contribution in [-0.2, 0) is 7.05 Å². The van der Waals surface area contributed by atoms with Gasteiger partial charge in [0.25, 0.3) is 5.91 Å². The molecule has 1 amide bonds. The molecule has 0 aliphatic rings. The van der Waals surface area contributed by atoms with Gasteiger partial charge in [0.15, 0.2) is 0 Å². The van der Waals surface area contributed by atoms with Gasteiger partial charge >= 0.3 is 0 Å². The first kappa shape index (κ1) is 10.9. The molecule has 0 radical (unpaired) electrons. The Morgan fingerprint density at radius 1 is 1.50 bits per heavy atom. The molecule has 0 aromatic carbocycles. The van der Waals surface area contributed by atoms with Crippen molar-refractivity contribution in [1.29, 1.82) is 0 Å². The Kier molecular flexibility index (Phi) is 2.78. The van der Waals surface area contributed by atoms with Gasteiger partial charge < -0.3 is 5.32 Å². The molecule has 4 nitrogen and oxygen atoms in total. The number of amides is 1. The van der Waals surface area contributed by atoms with Crippen molar-refractivity contribution in [3.05, 3.63) is 33.8 Å². The number of aromatic nitrogens is 2. The molecule has 2 rings (SSSR count). The zero-order chi connectivity index (χ0) is 11.7. The number of nitrogens with zero attached hydrogens (tertiary/aromatic N) is 2. The van der Waals surface area contributed by atoms with Crippen molar-refractivity contribution in [2.45, 2.75) is 13.8 Å². The predicted octanol–water partition coefficient (Wildman–Crippen LogP) is 2.35. The highest BCUT2D eigenvalue weighted by Crippen LogP contribution is 2.21. The number of aryl methyl sites for hydroxylation is 3. The third-order valence-corrected chi connectivity index (χ3v) is 3.21. The summed E-state index contributed by atoms with van der Waals surface area (Å²) in [6.07, 6.45) is 1.73. The van der Waals surface area contributed by atoms with Crippen molar-refractivity contribution < 1.29 is 4.79 Å². The van der Waals surface area contributed by atoms with E-state index in [0.717, 1.165) is 16.3 Å². The van der Waals surface area contributed by atoms with Crippen LogP contribution in [0.2, 0.25) is 0 Å². The first-order chi connectivity index (χ1) is 7.58. The van der Waals surface area contributed by atoms with Crippen LogP contribution >= 0.6 is 11.3 Å². The van der Waals surface area contributed by atoms with Crippen molar-refractivity contribution in [3.63, 3.8) is 0 Å². The number of thiophene rings is 1. The lowest BCUT2D eigenvalue weighted by Crippen LogP contribution is -2.12. The fourth-order valence-electron chi connectivity index (χ4n) is 1.53. The number of carbonyl (C=O) groups excluding carboxylic acids is 1. The van der Waals surface area contributed by atoms with Gasteiger partial charge in [-0.1, -0.05) is 0 Å². The largest absolute Gasteiger partial charge is 0.321 e. The second-order valence-corrected chi connectivity index (χ2v) is 4.77. The lowest BCUT2D eigenvalue weighted by molar-refractivity contribution is 0.102. The van der Waals surface area contributed by atoms with Crippen molar-refractivity contribution in [2.75, 3.05) is 5.32 Å². The van der Waals surface area contributed by atoms with Crippen molar-refractivity contribution in [1.82, 2.24) is 9.78 Å². The summed E-state index contributed by atoms with van der Waals surface area (Å²) >= 11 is 1.62. The van der Waals surface area contributed by atoms with Crippen LogP contribution in [0.4, 0.5) is 5.69 Å². The van der Waals surface area contributed by atoms with E-state index in [1.807, 2.05) is 25.3 Å². The van der Waals surface area contributed by atoms with Crippen molar-refractivity contribution >= 4 is 22.9 Å². The molecule has 2 heterocycles. The molecule has 0 atom stereocenters. The zero-order valence-corrected chi connectivity index (χ0v) is 10.3. The zero-order valence-electron chi connectivity index (χ0n) is 9.44. The second-order valence-electron chi connectivity index (χ2n) is 3.65. The molecular weight excluding hydrogens is 222 g/mol. The molecule has 0 saturated heterocycles. The highest BCUT2D eigenvalue weighted by molar-refractivity contribution is 7.10. The summed E-state index contributed by atoms with van der Waals surface area (Å²) < 4.78 is 1.64.